The third kappa shape index (κ3) is 3.34. The van der Waals surface area contributed by atoms with Gasteiger partial charge in [-0.3, -0.25) is 4.79 Å². The van der Waals surface area contributed by atoms with Crippen molar-refractivity contribution in [2.75, 3.05) is 0 Å². The van der Waals surface area contributed by atoms with Crippen molar-refractivity contribution in [3.63, 3.8) is 0 Å². The molecule has 0 spiro atoms. The van der Waals surface area contributed by atoms with Crippen LogP contribution in [0.15, 0.2) is 23.0 Å². The minimum atomic E-state index is -0.343. The van der Waals surface area contributed by atoms with E-state index in [1.54, 1.807) is 18.2 Å². The van der Waals surface area contributed by atoms with Crippen molar-refractivity contribution in [3.05, 3.63) is 39.1 Å². The van der Waals surface area contributed by atoms with E-state index in [-0.39, 0.29) is 11.2 Å². The number of pyridine rings is 1. The molecule has 2 aromatic rings. The van der Waals surface area contributed by atoms with Gasteiger partial charge in [-0.1, -0.05) is 44.2 Å². The molecule has 1 aromatic carbocycles. The third-order valence-corrected chi connectivity index (χ3v) is 3.78. The Bertz CT molecular complexity index is 649. The molecule has 0 aliphatic carbocycles. The van der Waals surface area contributed by atoms with E-state index in [0.29, 0.717) is 22.5 Å². The zero-order valence-electron chi connectivity index (χ0n) is 11.7. The van der Waals surface area contributed by atoms with E-state index in [2.05, 4.69) is 11.9 Å². The molecule has 0 aliphatic rings. The maximum absolute atomic E-state index is 12.1. The van der Waals surface area contributed by atoms with Gasteiger partial charge in [0.05, 0.1) is 11.1 Å². The monoisotopic (exact) mass is 293 g/mol. The molecule has 4 heteroatoms. The summed E-state index contributed by atoms with van der Waals surface area (Å²) in [5.41, 5.74) is 1.01. The molecule has 0 saturated carbocycles. The fraction of sp³-hybridized carbons (Fsp3) is 0.438. The molecule has 0 fully saturated rings. The Balaban J connectivity index is 2.20. The molecule has 2 N–H and O–H groups in total. The largest absolute Gasteiger partial charge is 0.503 e. The molecule has 3 nitrogen and oxygen atoms in total. The highest BCUT2D eigenvalue weighted by atomic mass is 35.5. The Labute approximate surface area is 123 Å². The smallest absolute Gasteiger partial charge is 0.231 e. The van der Waals surface area contributed by atoms with Crippen LogP contribution in [0.3, 0.4) is 0 Å². The quantitative estimate of drug-likeness (QED) is 0.776. The summed E-state index contributed by atoms with van der Waals surface area (Å²) in [4.78, 5) is 15.3. The Morgan fingerprint density at radius 1 is 1.20 bits per heavy atom. The minimum Gasteiger partial charge on any atom is -0.503 e. The van der Waals surface area contributed by atoms with Gasteiger partial charge in [0.25, 0.3) is 0 Å². The van der Waals surface area contributed by atoms with E-state index in [4.69, 9.17) is 11.6 Å². The molecule has 0 amide bonds. The lowest BCUT2D eigenvalue weighted by Crippen LogP contribution is -2.07. The summed E-state index contributed by atoms with van der Waals surface area (Å²) in [6, 6.07) is 5.10. The van der Waals surface area contributed by atoms with Gasteiger partial charge in [-0.15, -0.1) is 0 Å². The van der Waals surface area contributed by atoms with E-state index in [1.165, 1.54) is 19.3 Å². The first kappa shape index (κ1) is 14.9. The van der Waals surface area contributed by atoms with E-state index >= 15 is 0 Å². The second kappa shape index (κ2) is 6.80. The molecule has 0 saturated heterocycles. The molecule has 20 heavy (non-hydrogen) atoms. The first-order chi connectivity index (χ1) is 9.63. The van der Waals surface area contributed by atoms with Crippen LogP contribution in [0.2, 0.25) is 5.02 Å². The van der Waals surface area contributed by atoms with Crippen LogP contribution >= 0.6 is 11.6 Å². The number of aromatic nitrogens is 1. The lowest BCUT2D eigenvalue weighted by Gasteiger charge is -2.07. The summed E-state index contributed by atoms with van der Waals surface area (Å²) in [7, 11) is 0. The Kier molecular flexibility index (Phi) is 5.07. The van der Waals surface area contributed by atoms with Crippen LogP contribution < -0.4 is 5.43 Å². The van der Waals surface area contributed by atoms with Gasteiger partial charge in [0.1, 0.15) is 0 Å². The first-order valence-corrected chi connectivity index (χ1v) is 7.54. The molecule has 0 aliphatic heterocycles. The van der Waals surface area contributed by atoms with Gasteiger partial charge in [0.15, 0.2) is 5.75 Å². The highest BCUT2D eigenvalue weighted by molar-refractivity contribution is 6.31. The molecule has 0 atom stereocenters. The van der Waals surface area contributed by atoms with E-state index < -0.39 is 0 Å². The maximum atomic E-state index is 12.1. The number of aromatic amines is 1. The van der Waals surface area contributed by atoms with Crippen molar-refractivity contribution in [2.45, 2.75) is 45.4 Å². The molecule has 0 bridgehead atoms. The number of hydrogen-bond donors (Lipinski definition) is 2. The van der Waals surface area contributed by atoms with Crippen molar-refractivity contribution in [1.29, 1.82) is 0 Å². The first-order valence-electron chi connectivity index (χ1n) is 7.17. The summed E-state index contributed by atoms with van der Waals surface area (Å²) in [6.07, 6.45) is 6.43. The van der Waals surface area contributed by atoms with Crippen molar-refractivity contribution >= 4 is 22.5 Å². The lowest BCUT2D eigenvalue weighted by atomic mass is 10.1. The SMILES string of the molecule is CCCCCCCc1[nH]c2ccc(Cl)cc2c(=O)c1O. The number of halogens is 1. The zero-order chi connectivity index (χ0) is 14.5. The van der Waals surface area contributed by atoms with Crippen LogP contribution in [0.1, 0.15) is 44.7 Å². The number of aromatic hydroxyl groups is 1. The lowest BCUT2D eigenvalue weighted by molar-refractivity contribution is 0.458. The van der Waals surface area contributed by atoms with Crippen LogP contribution in [-0.2, 0) is 6.42 Å². The van der Waals surface area contributed by atoms with Crippen molar-refractivity contribution in [1.82, 2.24) is 4.98 Å². The number of hydrogen-bond acceptors (Lipinski definition) is 2. The number of rotatable bonds is 6. The summed E-state index contributed by atoms with van der Waals surface area (Å²) in [6.45, 7) is 2.18. The van der Waals surface area contributed by atoms with Gasteiger partial charge in [-0.05, 0) is 31.0 Å². The normalized spacial score (nSPS) is 11.1. The number of unbranched alkanes of at least 4 members (excludes halogenated alkanes) is 4. The third-order valence-electron chi connectivity index (χ3n) is 3.54. The molecular weight excluding hydrogens is 274 g/mol. The summed E-state index contributed by atoms with van der Waals surface area (Å²) in [5.74, 6) is -0.171. The van der Waals surface area contributed by atoms with Gasteiger partial charge in [0, 0.05) is 10.5 Å². The molecule has 0 radical (unpaired) electrons. The summed E-state index contributed by atoms with van der Waals surface area (Å²) < 4.78 is 0. The second-order valence-electron chi connectivity index (χ2n) is 5.14. The highest BCUT2D eigenvalue weighted by Crippen LogP contribution is 2.21. The maximum Gasteiger partial charge on any atom is 0.231 e. The van der Waals surface area contributed by atoms with Gasteiger partial charge >= 0.3 is 0 Å². The van der Waals surface area contributed by atoms with E-state index in [1.807, 2.05) is 0 Å². The molecule has 0 unspecified atom stereocenters. The van der Waals surface area contributed by atoms with Crippen LogP contribution in [0.25, 0.3) is 10.9 Å². The molecule has 108 valence electrons. The van der Waals surface area contributed by atoms with E-state index in [9.17, 15) is 9.90 Å². The summed E-state index contributed by atoms with van der Waals surface area (Å²) >= 11 is 5.88. The van der Waals surface area contributed by atoms with Gasteiger partial charge in [0.2, 0.25) is 5.43 Å². The van der Waals surface area contributed by atoms with Crippen molar-refractivity contribution in [2.24, 2.45) is 0 Å². The number of fused-ring (bicyclic) bond motifs is 1. The molecular formula is C16H20ClNO2. The molecule has 1 heterocycles. The predicted octanol–water partition coefficient (Wildman–Crippen LogP) is 4.40. The second-order valence-corrected chi connectivity index (χ2v) is 5.57. The number of aryl methyl sites for hydroxylation is 1. The van der Waals surface area contributed by atoms with Crippen molar-refractivity contribution < 1.29 is 5.11 Å². The Hall–Kier alpha value is -1.48. The molecule has 2 rings (SSSR count). The fourth-order valence-electron chi connectivity index (χ4n) is 2.39. The molecule has 1 aromatic heterocycles. The predicted molar refractivity (Wildman–Crippen MR) is 83.7 cm³/mol. The number of H-pyrrole nitrogens is 1. The van der Waals surface area contributed by atoms with Crippen LogP contribution in [0, 0.1) is 0 Å². The van der Waals surface area contributed by atoms with Crippen LogP contribution in [-0.4, -0.2) is 10.1 Å². The van der Waals surface area contributed by atoms with Gasteiger partial charge in [-0.2, -0.15) is 0 Å². The number of benzene rings is 1. The number of nitrogens with one attached hydrogen (secondary N) is 1. The highest BCUT2D eigenvalue weighted by Gasteiger charge is 2.10. The zero-order valence-corrected chi connectivity index (χ0v) is 12.5. The van der Waals surface area contributed by atoms with E-state index in [0.717, 1.165) is 18.4 Å². The topological polar surface area (TPSA) is 53.1 Å². The average molecular weight is 294 g/mol. The van der Waals surface area contributed by atoms with Crippen LogP contribution in [0.4, 0.5) is 0 Å². The van der Waals surface area contributed by atoms with Gasteiger partial charge in [-0.25, -0.2) is 0 Å². The fourth-order valence-corrected chi connectivity index (χ4v) is 2.56. The Morgan fingerprint density at radius 2 is 1.95 bits per heavy atom. The average Bonchev–Trinajstić information content (AvgIpc) is 2.44. The standard InChI is InChI=1S/C16H20ClNO2/c1-2-3-4-5-6-7-14-16(20)15(19)12-10-11(17)8-9-13(12)18-14/h8-10,20H,2-7H2,1H3,(H,18,19). The van der Waals surface area contributed by atoms with Crippen molar-refractivity contribution in [3.8, 4) is 5.75 Å². The van der Waals surface area contributed by atoms with Crippen LogP contribution in [0.5, 0.6) is 5.75 Å². The van der Waals surface area contributed by atoms with Gasteiger partial charge < -0.3 is 10.1 Å². The summed E-state index contributed by atoms with van der Waals surface area (Å²) in [5, 5.41) is 10.9. The minimum absolute atomic E-state index is 0.171. The Morgan fingerprint density at radius 3 is 2.70 bits per heavy atom.